The van der Waals surface area contributed by atoms with Gasteiger partial charge in [-0.3, -0.25) is 14.5 Å². The monoisotopic (exact) mass is 413 g/mol. The number of benzene rings is 1. The number of aromatic nitrogens is 4. The summed E-state index contributed by atoms with van der Waals surface area (Å²) in [5, 5.41) is 14.9. The molecular formula is C18H15N5OS3. The predicted molar refractivity (Wildman–Crippen MR) is 112 cm³/mol. The van der Waals surface area contributed by atoms with Gasteiger partial charge < -0.3 is 5.32 Å². The highest BCUT2D eigenvalue weighted by atomic mass is 32.1. The summed E-state index contributed by atoms with van der Waals surface area (Å²) in [6.07, 6.45) is 2.08. The molecule has 4 aromatic rings. The Morgan fingerprint density at radius 3 is 2.74 bits per heavy atom. The van der Waals surface area contributed by atoms with Gasteiger partial charge in [0.1, 0.15) is 5.01 Å². The van der Waals surface area contributed by atoms with Crippen molar-refractivity contribution >= 4 is 46.5 Å². The van der Waals surface area contributed by atoms with Gasteiger partial charge in [-0.05, 0) is 47.9 Å². The molecule has 3 heterocycles. The van der Waals surface area contributed by atoms with Crippen LogP contribution < -0.4 is 5.32 Å². The largest absolute Gasteiger partial charge is 0.326 e. The van der Waals surface area contributed by atoms with E-state index >= 15 is 0 Å². The van der Waals surface area contributed by atoms with E-state index in [-0.39, 0.29) is 5.91 Å². The second-order valence-corrected chi connectivity index (χ2v) is 7.92. The molecule has 3 aromatic heterocycles. The fourth-order valence-electron chi connectivity index (χ4n) is 2.62. The number of carbonyl (C=O) groups excluding carboxylic acids is 1. The van der Waals surface area contributed by atoms with Crippen LogP contribution in [0.1, 0.15) is 6.42 Å². The maximum Gasteiger partial charge on any atom is 0.226 e. The van der Waals surface area contributed by atoms with Crippen LogP contribution in [0.15, 0.2) is 53.4 Å². The number of hydrogen-bond acceptors (Lipinski definition) is 6. The van der Waals surface area contributed by atoms with E-state index in [0.29, 0.717) is 17.7 Å². The lowest BCUT2D eigenvalue weighted by molar-refractivity contribution is -0.116. The molecule has 0 bridgehead atoms. The lowest BCUT2D eigenvalue weighted by Gasteiger charge is -2.08. The topological polar surface area (TPSA) is 75.6 Å². The lowest BCUT2D eigenvalue weighted by atomic mass is 10.2. The van der Waals surface area contributed by atoms with Gasteiger partial charge in [-0.15, -0.1) is 22.7 Å². The number of aromatic amines is 1. The van der Waals surface area contributed by atoms with E-state index < -0.39 is 0 Å². The number of amides is 1. The Morgan fingerprint density at radius 1 is 1.19 bits per heavy atom. The van der Waals surface area contributed by atoms with Crippen LogP contribution in [0.2, 0.25) is 0 Å². The molecule has 136 valence electrons. The summed E-state index contributed by atoms with van der Waals surface area (Å²) in [5.41, 5.74) is 1.79. The van der Waals surface area contributed by atoms with Crippen molar-refractivity contribution in [2.45, 2.75) is 13.0 Å². The van der Waals surface area contributed by atoms with Crippen molar-refractivity contribution in [3.63, 3.8) is 0 Å². The molecule has 1 amide bonds. The van der Waals surface area contributed by atoms with Gasteiger partial charge in [0.2, 0.25) is 5.91 Å². The van der Waals surface area contributed by atoms with Crippen molar-refractivity contribution in [3.05, 3.63) is 58.1 Å². The summed E-state index contributed by atoms with van der Waals surface area (Å²) in [5.74, 6) is 0.688. The van der Waals surface area contributed by atoms with E-state index in [1.165, 1.54) is 0 Å². The smallest absolute Gasteiger partial charge is 0.226 e. The summed E-state index contributed by atoms with van der Waals surface area (Å²) in [7, 11) is 0. The summed E-state index contributed by atoms with van der Waals surface area (Å²) < 4.78 is 2.37. The molecule has 0 saturated heterocycles. The van der Waals surface area contributed by atoms with Crippen LogP contribution in [-0.4, -0.2) is 25.7 Å². The molecule has 0 fully saturated rings. The Bertz CT molecular complexity index is 1080. The summed E-state index contributed by atoms with van der Waals surface area (Å²) in [4.78, 5) is 17.6. The summed E-state index contributed by atoms with van der Waals surface area (Å²) in [6.45, 7) is 0.464. The Kier molecular flexibility index (Phi) is 5.23. The molecule has 2 N–H and O–H groups in total. The van der Waals surface area contributed by atoms with Gasteiger partial charge in [0, 0.05) is 35.8 Å². The van der Waals surface area contributed by atoms with Crippen LogP contribution >= 0.6 is 34.9 Å². The molecule has 0 spiro atoms. The predicted octanol–water partition coefficient (Wildman–Crippen LogP) is 4.82. The number of thiazole rings is 1. The third-order valence-corrected chi connectivity index (χ3v) is 5.91. The molecule has 0 saturated carbocycles. The van der Waals surface area contributed by atoms with Crippen LogP contribution in [0, 0.1) is 4.77 Å². The first-order valence-electron chi connectivity index (χ1n) is 8.19. The molecule has 6 nitrogen and oxygen atoms in total. The first-order chi connectivity index (χ1) is 13.2. The van der Waals surface area contributed by atoms with Crippen LogP contribution in [-0.2, 0) is 11.3 Å². The fraction of sp³-hybridized carbons (Fsp3) is 0.111. The second kappa shape index (κ2) is 7.95. The third-order valence-electron chi connectivity index (χ3n) is 3.91. The van der Waals surface area contributed by atoms with Crippen molar-refractivity contribution < 1.29 is 4.79 Å². The Balaban J connectivity index is 1.39. The van der Waals surface area contributed by atoms with E-state index in [1.807, 2.05) is 51.7 Å². The van der Waals surface area contributed by atoms with Crippen molar-refractivity contribution in [2.24, 2.45) is 0 Å². The van der Waals surface area contributed by atoms with Gasteiger partial charge in [0.15, 0.2) is 10.6 Å². The Hall–Kier alpha value is -2.62. The molecular weight excluding hydrogens is 398 g/mol. The van der Waals surface area contributed by atoms with E-state index in [0.717, 1.165) is 27.0 Å². The lowest BCUT2D eigenvalue weighted by Crippen LogP contribution is -2.15. The van der Waals surface area contributed by atoms with Crippen molar-refractivity contribution in [1.82, 2.24) is 19.7 Å². The van der Waals surface area contributed by atoms with Crippen molar-refractivity contribution in [2.75, 3.05) is 5.32 Å². The molecule has 0 atom stereocenters. The summed E-state index contributed by atoms with van der Waals surface area (Å²) >= 11 is 8.47. The van der Waals surface area contributed by atoms with Gasteiger partial charge in [0.25, 0.3) is 0 Å². The van der Waals surface area contributed by atoms with E-state index in [9.17, 15) is 4.79 Å². The number of thiophene rings is 1. The highest BCUT2D eigenvalue weighted by molar-refractivity contribution is 7.71. The maximum atomic E-state index is 12.3. The molecule has 1 aromatic carbocycles. The number of anilines is 1. The minimum atomic E-state index is -0.0720. The molecule has 0 unspecified atom stereocenters. The molecule has 0 aliphatic carbocycles. The number of nitrogens with zero attached hydrogens (tertiary/aromatic N) is 3. The van der Waals surface area contributed by atoms with E-state index in [2.05, 4.69) is 20.5 Å². The highest BCUT2D eigenvalue weighted by Gasteiger charge is 2.11. The zero-order chi connectivity index (χ0) is 18.6. The number of rotatable bonds is 6. The highest BCUT2D eigenvalue weighted by Crippen LogP contribution is 2.24. The fourth-order valence-corrected chi connectivity index (χ4v) is 4.21. The average molecular weight is 414 g/mol. The number of H-pyrrole nitrogens is 1. The zero-order valence-corrected chi connectivity index (χ0v) is 16.5. The first-order valence-corrected chi connectivity index (χ1v) is 10.4. The minimum absolute atomic E-state index is 0.0720. The maximum absolute atomic E-state index is 12.3. The van der Waals surface area contributed by atoms with Crippen LogP contribution in [0.3, 0.4) is 0 Å². The molecule has 27 heavy (non-hydrogen) atoms. The minimum Gasteiger partial charge on any atom is -0.326 e. The Morgan fingerprint density at radius 2 is 2.04 bits per heavy atom. The molecule has 4 rings (SSSR count). The average Bonchev–Trinajstić information content (AvgIpc) is 3.43. The SMILES string of the molecule is O=C(CCn1c(-c2cccs2)n[nH]c1=S)Nc1ccc(-c2nccs2)cc1. The van der Waals surface area contributed by atoms with Gasteiger partial charge in [-0.2, -0.15) is 5.10 Å². The van der Waals surface area contributed by atoms with E-state index in [1.54, 1.807) is 28.9 Å². The molecule has 0 aliphatic heterocycles. The number of carbonyl (C=O) groups is 1. The van der Waals surface area contributed by atoms with Gasteiger partial charge in [-0.25, -0.2) is 4.98 Å². The summed E-state index contributed by atoms with van der Waals surface area (Å²) in [6, 6.07) is 11.6. The van der Waals surface area contributed by atoms with Gasteiger partial charge >= 0.3 is 0 Å². The van der Waals surface area contributed by atoms with Crippen molar-refractivity contribution in [1.29, 1.82) is 0 Å². The Labute approximate surface area is 168 Å². The first kappa shape index (κ1) is 17.8. The number of hydrogen-bond donors (Lipinski definition) is 2. The van der Waals surface area contributed by atoms with E-state index in [4.69, 9.17) is 12.2 Å². The molecule has 9 heteroatoms. The van der Waals surface area contributed by atoms with Crippen LogP contribution in [0.25, 0.3) is 21.3 Å². The van der Waals surface area contributed by atoms with Crippen LogP contribution in [0.5, 0.6) is 0 Å². The third kappa shape index (κ3) is 4.05. The molecule has 0 radical (unpaired) electrons. The normalized spacial score (nSPS) is 10.8. The quantitative estimate of drug-likeness (QED) is 0.444. The standard InChI is InChI=1S/C18H15N5OS3/c24-15(20-13-5-3-12(4-6-13)17-19-8-11-27-17)7-9-23-16(21-22-18(23)25)14-2-1-10-26-14/h1-6,8,10-11H,7,9H2,(H,20,24)(H,22,25). The second-order valence-electron chi connectivity index (χ2n) is 5.69. The number of nitrogens with one attached hydrogen (secondary N) is 2. The van der Waals surface area contributed by atoms with Crippen molar-refractivity contribution in [3.8, 4) is 21.3 Å². The van der Waals surface area contributed by atoms with Crippen LogP contribution in [0.4, 0.5) is 5.69 Å². The van der Waals surface area contributed by atoms with Gasteiger partial charge in [-0.1, -0.05) is 6.07 Å². The zero-order valence-electron chi connectivity index (χ0n) is 14.1. The molecule has 0 aliphatic rings. The van der Waals surface area contributed by atoms with Gasteiger partial charge in [0.05, 0.1) is 4.88 Å².